The highest BCUT2D eigenvalue weighted by atomic mass is 35.5. The average molecular weight is 628 g/mol. The Morgan fingerprint density at radius 1 is 1.00 bits per heavy atom. The van der Waals surface area contributed by atoms with Crippen molar-refractivity contribution in [3.05, 3.63) is 86.4 Å². The Kier molecular flexibility index (Phi) is 7.41. The molecule has 2 aliphatic rings. The summed E-state index contributed by atoms with van der Waals surface area (Å²) in [5, 5.41) is 23.3. The van der Waals surface area contributed by atoms with Gasteiger partial charge in [0.25, 0.3) is 5.91 Å². The van der Waals surface area contributed by atoms with Crippen molar-refractivity contribution in [2.75, 3.05) is 5.32 Å². The molecule has 0 aliphatic heterocycles. The number of urea groups is 1. The second-order valence-corrected chi connectivity index (χ2v) is 12.3. The molecule has 10 nitrogen and oxygen atoms in total. The predicted octanol–water partition coefficient (Wildman–Crippen LogP) is 6.20. The molecule has 13 heteroatoms. The molecule has 3 N–H and O–H groups in total. The van der Waals surface area contributed by atoms with E-state index in [1.807, 2.05) is 29.9 Å². The Morgan fingerprint density at radius 3 is 2.50 bits per heavy atom. The minimum Gasteiger partial charge on any atom is -0.346 e. The Labute approximate surface area is 257 Å². The third-order valence-corrected chi connectivity index (χ3v) is 9.48. The van der Waals surface area contributed by atoms with Crippen molar-refractivity contribution >= 4 is 52.4 Å². The Hall–Kier alpha value is -3.60. The molecule has 2 heterocycles. The lowest BCUT2D eigenvalue weighted by Crippen LogP contribution is -2.45. The van der Waals surface area contributed by atoms with Crippen molar-refractivity contribution in [1.29, 1.82) is 0 Å². The summed E-state index contributed by atoms with van der Waals surface area (Å²) < 4.78 is 3.44. The van der Waals surface area contributed by atoms with Crippen molar-refractivity contribution in [2.24, 2.45) is 0 Å². The van der Waals surface area contributed by atoms with E-state index in [1.54, 1.807) is 41.9 Å². The van der Waals surface area contributed by atoms with Gasteiger partial charge in [-0.3, -0.25) is 4.79 Å². The van der Waals surface area contributed by atoms with Crippen molar-refractivity contribution in [3.63, 3.8) is 0 Å². The molecule has 2 saturated carbocycles. The van der Waals surface area contributed by atoms with E-state index < -0.39 is 0 Å². The zero-order valence-corrected chi connectivity index (χ0v) is 25.3. The summed E-state index contributed by atoms with van der Waals surface area (Å²) in [5.74, 6) is -0.243. The number of hydrogen-bond donors (Lipinski definition) is 3. The molecule has 0 unspecified atom stereocenters. The number of para-hydroxylation sites is 1. The fourth-order valence-electron chi connectivity index (χ4n) is 6.11. The molecule has 2 aliphatic carbocycles. The quantitative estimate of drug-likeness (QED) is 0.225. The van der Waals surface area contributed by atoms with E-state index in [2.05, 4.69) is 31.4 Å². The second kappa shape index (κ2) is 10.9. The number of fused-ring (bicyclic) bond motifs is 2. The van der Waals surface area contributed by atoms with Gasteiger partial charge in [0.1, 0.15) is 10.8 Å². The van der Waals surface area contributed by atoms with E-state index in [0.717, 1.165) is 37.7 Å². The molecule has 2 aromatic heterocycles. The van der Waals surface area contributed by atoms with Gasteiger partial charge in [-0.1, -0.05) is 58.2 Å². The van der Waals surface area contributed by atoms with Crippen molar-refractivity contribution < 1.29 is 9.59 Å². The van der Waals surface area contributed by atoms with Gasteiger partial charge in [-0.2, -0.15) is 5.10 Å². The summed E-state index contributed by atoms with van der Waals surface area (Å²) >= 11 is 19.1. The van der Waals surface area contributed by atoms with Gasteiger partial charge in [0.15, 0.2) is 0 Å². The Bertz CT molecular complexity index is 1690. The summed E-state index contributed by atoms with van der Waals surface area (Å²) in [4.78, 5) is 25.9. The number of nitrogens with one attached hydrogen (secondary N) is 3. The number of benzene rings is 2. The number of anilines is 1. The van der Waals surface area contributed by atoms with Crippen LogP contribution in [0.2, 0.25) is 15.2 Å². The highest BCUT2D eigenvalue weighted by Crippen LogP contribution is 2.54. The number of aryl methyl sites for hydroxylation is 2. The molecule has 0 atom stereocenters. The number of halogens is 3. The third kappa shape index (κ3) is 5.23. The number of amides is 3. The number of aromatic nitrogens is 5. The smallest absolute Gasteiger partial charge is 0.319 e. The van der Waals surface area contributed by atoms with Gasteiger partial charge < -0.3 is 16.0 Å². The van der Waals surface area contributed by atoms with E-state index in [1.165, 1.54) is 0 Å². The minimum absolute atomic E-state index is 0.211. The lowest BCUT2D eigenvalue weighted by Gasteiger charge is -2.28. The van der Waals surface area contributed by atoms with Crippen LogP contribution in [-0.4, -0.2) is 42.3 Å². The predicted molar refractivity (Wildman–Crippen MR) is 162 cm³/mol. The van der Waals surface area contributed by atoms with Crippen LogP contribution >= 0.6 is 34.8 Å². The van der Waals surface area contributed by atoms with E-state index >= 15 is 0 Å². The molecule has 2 bridgehead atoms. The molecular weight excluding hydrogens is 599 g/mol. The zero-order valence-electron chi connectivity index (χ0n) is 23.0. The first-order chi connectivity index (χ1) is 20.1. The van der Waals surface area contributed by atoms with Gasteiger partial charge in [-0.15, -0.1) is 5.10 Å². The van der Waals surface area contributed by atoms with Crippen LogP contribution in [0.3, 0.4) is 0 Å². The van der Waals surface area contributed by atoms with E-state index in [9.17, 15) is 9.59 Å². The lowest BCUT2D eigenvalue weighted by molar-refractivity contribution is 0.0900. The molecule has 0 saturated heterocycles. The minimum atomic E-state index is -0.387. The Morgan fingerprint density at radius 2 is 1.76 bits per heavy atom. The van der Waals surface area contributed by atoms with Crippen LogP contribution in [0.25, 0.3) is 5.69 Å². The van der Waals surface area contributed by atoms with Gasteiger partial charge in [0, 0.05) is 10.6 Å². The van der Waals surface area contributed by atoms with Crippen LogP contribution in [-0.2, 0) is 12.1 Å². The summed E-state index contributed by atoms with van der Waals surface area (Å²) in [5.41, 5.74) is 3.07. The largest absolute Gasteiger partial charge is 0.346 e. The summed E-state index contributed by atoms with van der Waals surface area (Å²) in [6.45, 7) is 3.91. The van der Waals surface area contributed by atoms with Gasteiger partial charge in [0.05, 0.1) is 45.9 Å². The van der Waals surface area contributed by atoms with Crippen LogP contribution in [0, 0.1) is 13.8 Å². The highest BCUT2D eigenvalue weighted by molar-refractivity contribution is 6.34. The molecule has 0 spiro atoms. The van der Waals surface area contributed by atoms with Crippen molar-refractivity contribution in [1.82, 2.24) is 35.4 Å². The summed E-state index contributed by atoms with van der Waals surface area (Å²) in [6.07, 6.45) is 5.92. The molecule has 2 fully saturated rings. The average Bonchev–Trinajstić information content (AvgIpc) is 3.73. The van der Waals surface area contributed by atoms with Gasteiger partial charge >= 0.3 is 6.03 Å². The maximum absolute atomic E-state index is 13.6. The van der Waals surface area contributed by atoms with Gasteiger partial charge in [0.2, 0.25) is 0 Å². The maximum atomic E-state index is 13.6. The van der Waals surface area contributed by atoms with Gasteiger partial charge in [-0.05, 0) is 75.8 Å². The monoisotopic (exact) mass is 626 g/mol. The molecule has 6 rings (SSSR count). The number of hydrogen-bond acceptors (Lipinski definition) is 5. The van der Waals surface area contributed by atoms with E-state index in [4.69, 9.17) is 34.8 Å². The van der Waals surface area contributed by atoms with Crippen LogP contribution in [0.1, 0.15) is 59.4 Å². The van der Waals surface area contributed by atoms with E-state index in [-0.39, 0.29) is 34.7 Å². The molecule has 218 valence electrons. The molecule has 2 aromatic carbocycles. The van der Waals surface area contributed by atoms with Crippen LogP contribution in [0.4, 0.5) is 10.5 Å². The van der Waals surface area contributed by atoms with E-state index in [0.29, 0.717) is 38.4 Å². The first-order valence-corrected chi connectivity index (χ1v) is 14.8. The second-order valence-electron chi connectivity index (χ2n) is 11.2. The fraction of sp³-hybridized carbons (Fsp3) is 0.345. The lowest BCUT2D eigenvalue weighted by atomic mass is 9.91. The van der Waals surface area contributed by atoms with Gasteiger partial charge in [-0.25, -0.2) is 14.2 Å². The van der Waals surface area contributed by atoms with Crippen molar-refractivity contribution in [2.45, 2.75) is 63.6 Å². The zero-order chi connectivity index (χ0) is 29.6. The Balaban J connectivity index is 1.11. The number of nitrogens with zero attached hydrogens (tertiary/aromatic N) is 5. The molecule has 42 heavy (non-hydrogen) atoms. The number of carbonyl (C=O) groups is 2. The summed E-state index contributed by atoms with van der Waals surface area (Å²) in [7, 11) is 0. The number of rotatable bonds is 7. The summed E-state index contributed by atoms with van der Waals surface area (Å²) in [6, 6.07) is 12.2. The van der Waals surface area contributed by atoms with Crippen molar-refractivity contribution in [3.8, 4) is 5.69 Å². The topological polar surface area (TPSA) is 119 Å². The van der Waals surface area contributed by atoms with Crippen LogP contribution < -0.4 is 16.0 Å². The first-order valence-electron chi connectivity index (χ1n) is 13.6. The standard InChI is InChI=1S/C29H29Cl3N8O2/c1-17-7-8-20(13-22(17)31)40-25(32)24(18(2)37-40)26(41)35-28-9-11-29(16-28,12-10-28)39-15-19(36-38-39)14-33-27(42)34-23-6-4-3-5-21(23)30/h3-8,13,15H,9-12,14,16H2,1-2H3,(H,35,41)(H2,33,34,42). The maximum Gasteiger partial charge on any atom is 0.319 e. The SMILES string of the molecule is Cc1ccc(-n2nc(C)c(C(=O)NC34CCC(n5cc(CNC(=O)Nc6ccccc6Cl)nn5)(CC3)C4)c2Cl)cc1Cl. The number of carbonyl (C=O) groups excluding carboxylic acids is 2. The van der Waals surface area contributed by atoms with Crippen LogP contribution in [0.15, 0.2) is 48.7 Å². The molecular formula is C29H29Cl3N8O2. The first kappa shape index (κ1) is 28.5. The molecule has 3 amide bonds. The molecule has 4 aromatic rings. The highest BCUT2D eigenvalue weighted by Gasteiger charge is 2.56. The molecule has 0 radical (unpaired) electrons. The third-order valence-electron chi connectivity index (χ3n) is 8.39. The van der Waals surface area contributed by atoms with Crippen LogP contribution in [0.5, 0.6) is 0 Å². The fourth-order valence-corrected chi connectivity index (χ4v) is 6.83. The normalized spacial score (nSPS) is 21.0.